The number of likely N-dealkylation sites (tertiary alicyclic amines) is 1. The van der Waals surface area contributed by atoms with Crippen molar-refractivity contribution >= 4 is 27.6 Å². The van der Waals surface area contributed by atoms with Crippen LogP contribution < -0.4 is 10.1 Å². The molecule has 1 aliphatic rings. The fourth-order valence-corrected chi connectivity index (χ4v) is 4.65. The quantitative estimate of drug-likeness (QED) is 0.729. The molecule has 2 aromatic carbocycles. The first-order valence-electron chi connectivity index (χ1n) is 9.24. The number of ether oxygens (including phenoxy) is 1. The lowest BCUT2D eigenvalue weighted by Crippen LogP contribution is -2.44. The molecule has 4 rings (SSSR count). The van der Waals surface area contributed by atoms with Gasteiger partial charge in [0.05, 0.1) is 22.3 Å². The van der Waals surface area contributed by atoms with E-state index in [-0.39, 0.29) is 6.03 Å². The second kappa shape index (κ2) is 7.96. The maximum absolute atomic E-state index is 12.7. The van der Waals surface area contributed by atoms with Gasteiger partial charge in [0.2, 0.25) is 0 Å². The molecule has 1 N–H and O–H groups in total. The zero-order valence-corrected chi connectivity index (χ0v) is 16.2. The third kappa shape index (κ3) is 3.90. The summed E-state index contributed by atoms with van der Waals surface area (Å²) in [6.07, 6.45) is 2.08. The zero-order valence-electron chi connectivity index (χ0n) is 15.4. The number of amides is 2. The molecule has 0 bridgehead atoms. The minimum atomic E-state index is -0.0216. The van der Waals surface area contributed by atoms with Crippen LogP contribution in [0.5, 0.6) is 5.75 Å². The summed E-state index contributed by atoms with van der Waals surface area (Å²) in [4.78, 5) is 19.4. The monoisotopic (exact) mass is 381 g/mol. The third-order valence-corrected chi connectivity index (χ3v) is 6.19. The maximum atomic E-state index is 12.7. The SMILES string of the molecule is COc1ccccc1CNC(=O)N1CCCC(c2nc3ccccc3s2)C1. The molecule has 2 amide bonds. The lowest BCUT2D eigenvalue weighted by molar-refractivity contribution is 0.179. The van der Waals surface area contributed by atoms with Crippen molar-refractivity contribution in [3.05, 3.63) is 59.1 Å². The number of thiazole rings is 1. The fourth-order valence-electron chi connectivity index (χ4n) is 3.56. The van der Waals surface area contributed by atoms with Crippen molar-refractivity contribution in [2.45, 2.75) is 25.3 Å². The van der Waals surface area contributed by atoms with Gasteiger partial charge < -0.3 is 15.0 Å². The summed E-state index contributed by atoms with van der Waals surface area (Å²) in [5.41, 5.74) is 2.03. The van der Waals surface area contributed by atoms with Gasteiger partial charge in [-0.15, -0.1) is 11.3 Å². The van der Waals surface area contributed by atoms with Gasteiger partial charge in [0.15, 0.2) is 0 Å². The number of benzene rings is 2. The minimum Gasteiger partial charge on any atom is -0.496 e. The summed E-state index contributed by atoms with van der Waals surface area (Å²) in [6.45, 7) is 1.97. The molecular weight excluding hydrogens is 358 g/mol. The summed E-state index contributed by atoms with van der Waals surface area (Å²) >= 11 is 1.75. The van der Waals surface area contributed by atoms with Crippen LogP contribution in [0.25, 0.3) is 10.2 Å². The Morgan fingerprint density at radius 1 is 1.26 bits per heavy atom. The van der Waals surface area contributed by atoms with Gasteiger partial charge in [0.25, 0.3) is 0 Å². The summed E-state index contributed by atoms with van der Waals surface area (Å²) in [5.74, 6) is 1.11. The van der Waals surface area contributed by atoms with Crippen LogP contribution in [-0.4, -0.2) is 36.1 Å². The molecule has 1 aromatic heterocycles. The molecule has 6 heteroatoms. The molecule has 1 fully saturated rings. The van der Waals surface area contributed by atoms with E-state index in [9.17, 15) is 4.79 Å². The molecule has 2 heterocycles. The standard InChI is InChI=1S/C21H23N3O2S/c1-26-18-10-4-2-7-15(18)13-22-21(25)24-12-6-8-16(14-24)20-23-17-9-3-5-11-19(17)27-20/h2-5,7,9-11,16H,6,8,12-14H2,1H3,(H,22,25). The normalized spacial score (nSPS) is 17.1. The van der Waals surface area contributed by atoms with Crippen LogP contribution in [0, 0.1) is 0 Å². The molecule has 1 aliphatic heterocycles. The van der Waals surface area contributed by atoms with E-state index in [0.29, 0.717) is 12.5 Å². The number of hydrogen-bond acceptors (Lipinski definition) is 4. The van der Waals surface area contributed by atoms with Crippen molar-refractivity contribution < 1.29 is 9.53 Å². The summed E-state index contributed by atoms with van der Waals surface area (Å²) in [7, 11) is 1.65. The molecule has 0 saturated carbocycles. The number of hydrogen-bond donors (Lipinski definition) is 1. The molecule has 0 aliphatic carbocycles. The van der Waals surface area contributed by atoms with Crippen molar-refractivity contribution in [1.82, 2.24) is 15.2 Å². The molecular formula is C21H23N3O2S. The molecule has 1 saturated heterocycles. The highest BCUT2D eigenvalue weighted by Gasteiger charge is 2.27. The van der Waals surface area contributed by atoms with E-state index in [2.05, 4.69) is 17.4 Å². The highest BCUT2D eigenvalue weighted by atomic mass is 32.1. The average molecular weight is 382 g/mol. The van der Waals surface area contributed by atoms with Crippen LogP contribution in [0.1, 0.15) is 29.3 Å². The predicted octanol–water partition coefficient (Wildman–Crippen LogP) is 4.39. The summed E-state index contributed by atoms with van der Waals surface area (Å²) in [5, 5.41) is 4.17. The topological polar surface area (TPSA) is 54.5 Å². The number of fused-ring (bicyclic) bond motifs is 1. The van der Waals surface area contributed by atoms with Gasteiger partial charge in [-0.25, -0.2) is 9.78 Å². The average Bonchev–Trinajstić information content (AvgIpc) is 3.16. The van der Waals surface area contributed by atoms with Crippen LogP contribution in [0.2, 0.25) is 0 Å². The Hall–Kier alpha value is -2.60. The van der Waals surface area contributed by atoms with Gasteiger partial charge in [-0.3, -0.25) is 0 Å². The van der Waals surface area contributed by atoms with Crippen LogP contribution >= 0.6 is 11.3 Å². The molecule has 140 valence electrons. The number of aromatic nitrogens is 1. The molecule has 1 atom stereocenters. The van der Waals surface area contributed by atoms with Crippen molar-refractivity contribution in [2.24, 2.45) is 0 Å². The Morgan fingerprint density at radius 2 is 2.07 bits per heavy atom. The number of piperidine rings is 1. The number of nitrogens with zero attached hydrogens (tertiary/aromatic N) is 2. The third-order valence-electron chi connectivity index (χ3n) is 4.99. The largest absolute Gasteiger partial charge is 0.496 e. The lowest BCUT2D eigenvalue weighted by Gasteiger charge is -2.31. The summed E-state index contributed by atoms with van der Waals surface area (Å²) in [6, 6.07) is 16.0. The summed E-state index contributed by atoms with van der Waals surface area (Å²) < 4.78 is 6.57. The highest BCUT2D eigenvalue weighted by Crippen LogP contribution is 2.33. The van der Waals surface area contributed by atoms with Crippen molar-refractivity contribution in [3.63, 3.8) is 0 Å². The number of rotatable bonds is 4. The maximum Gasteiger partial charge on any atom is 0.317 e. The van der Waals surface area contributed by atoms with E-state index in [1.165, 1.54) is 4.70 Å². The van der Waals surface area contributed by atoms with Crippen LogP contribution in [-0.2, 0) is 6.54 Å². The molecule has 0 spiro atoms. The van der Waals surface area contributed by atoms with Crippen LogP contribution in [0.4, 0.5) is 4.79 Å². The fraction of sp³-hybridized carbons (Fsp3) is 0.333. The minimum absolute atomic E-state index is 0.0216. The van der Waals surface area contributed by atoms with Crippen LogP contribution in [0.3, 0.4) is 0 Å². The van der Waals surface area contributed by atoms with Gasteiger partial charge in [0.1, 0.15) is 5.75 Å². The Labute approximate surface area is 163 Å². The van der Waals surface area contributed by atoms with Gasteiger partial charge >= 0.3 is 6.03 Å². The van der Waals surface area contributed by atoms with Gasteiger partial charge in [-0.2, -0.15) is 0 Å². The van der Waals surface area contributed by atoms with Crippen molar-refractivity contribution in [2.75, 3.05) is 20.2 Å². The van der Waals surface area contributed by atoms with Crippen molar-refractivity contribution in [1.29, 1.82) is 0 Å². The first-order valence-corrected chi connectivity index (χ1v) is 10.1. The second-order valence-electron chi connectivity index (χ2n) is 6.78. The number of urea groups is 1. The van der Waals surface area contributed by atoms with E-state index in [4.69, 9.17) is 9.72 Å². The van der Waals surface area contributed by atoms with E-state index in [1.807, 2.05) is 41.3 Å². The number of carbonyl (C=O) groups excluding carboxylic acids is 1. The smallest absolute Gasteiger partial charge is 0.317 e. The van der Waals surface area contributed by atoms with Gasteiger partial charge in [0, 0.05) is 31.1 Å². The Kier molecular flexibility index (Phi) is 5.25. The molecule has 5 nitrogen and oxygen atoms in total. The highest BCUT2D eigenvalue weighted by molar-refractivity contribution is 7.18. The van der Waals surface area contributed by atoms with E-state index < -0.39 is 0 Å². The first-order chi connectivity index (χ1) is 13.2. The molecule has 3 aromatic rings. The van der Waals surface area contributed by atoms with Crippen LogP contribution in [0.15, 0.2) is 48.5 Å². The van der Waals surface area contributed by atoms with E-state index >= 15 is 0 Å². The number of methoxy groups -OCH3 is 1. The second-order valence-corrected chi connectivity index (χ2v) is 7.84. The van der Waals surface area contributed by atoms with E-state index in [0.717, 1.165) is 47.8 Å². The number of nitrogens with one attached hydrogen (secondary N) is 1. The lowest BCUT2D eigenvalue weighted by atomic mass is 9.99. The molecule has 27 heavy (non-hydrogen) atoms. The van der Waals surface area contributed by atoms with Crippen molar-refractivity contribution in [3.8, 4) is 5.75 Å². The Balaban J connectivity index is 1.40. The number of carbonyl (C=O) groups is 1. The Morgan fingerprint density at radius 3 is 2.93 bits per heavy atom. The molecule has 1 unspecified atom stereocenters. The van der Waals surface area contributed by atoms with Gasteiger partial charge in [-0.05, 0) is 31.0 Å². The van der Waals surface area contributed by atoms with E-state index in [1.54, 1.807) is 18.4 Å². The number of para-hydroxylation sites is 2. The Bertz CT molecular complexity index is 907. The molecule has 0 radical (unpaired) electrons. The zero-order chi connectivity index (χ0) is 18.6. The van der Waals surface area contributed by atoms with Gasteiger partial charge in [-0.1, -0.05) is 30.3 Å². The first kappa shape index (κ1) is 17.8. The predicted molar refractivity (Wildman–Crippen MR) is 108 cm³/mol.